The standard InChI is InChI=1S/C28H40N2O6/c1-3-4-5-6-7-8-9-22(28(33)34-2)29-27(32)11-10-20-17-30-13-12-19-14-25-26(36-18-35-25)15-21(19)23(30)16-24(20)31/h14-15,20,22-23H,3-13,16-18H2,1-2H3,(H,29,32)/t20-,22?,23-/m0/s1. The van der Waals surface area contributed by atoms with Crippen molar-refractivity contribution in [3.63, 3.8) is 0 Å². The first-order valence-electron chi connectivity index (χ1n) is 13.6. The molecule has 1 amide bonds. The Morgan fingerprint density at radius 1 is 1.14 bits per heavy atom. The number of carbonyl (C=O) groups excluding carboxylic acids is 3. The van der Waals surface area contributed by atoms with Gasteiger partial charge in [-0.25, -0.2) is 4.79 Å². The third kappa shape index (κ3) is 6.38. The van der Waals surface area contributed by atoms with E-state index in [-0.39, 0.29) is 36.9 Å². The van der Waals surface area contributed by atoms with E-state index >= 15 is 0 Å². The van der Waals surface area contributed by atoms with Crippen LogP contribution in [0.1, 0.15) is 88.3 Å². The van der Waals surface area contributed by atoms with Gasteiger partial charge >= 0.3 is 5.97 Å². The minimum absolute atomic E-state index is 0.0573. The fourth-order valence-corrected chi connectivity index (χ4v) is 5.69. The highest BCUT2D eigenvalue weighted by atomic mass is 16.7. The number of ketones is 1. The van der Waals surface area contributed by atoms with Crippen LogP contribution in [-0.2, 0) is 25.5 Å². The van der Waals surface area contributed by atoms with Gasteiger partial charge in [0, 0.05) is 37.9 Å². The molecule has 36 heavy (non-hydrogen) atoms. The molecule has 8 heteroatoms. The first-order chi connectivity index (χ1) is 17.5. The van der Waals surface area contributed by atoms with Gasteiger partial charge in [0.15, 0.2) is 11.5 Å². The average Bonchev–Trinajstić information content (AvgIpc) is 3.34. The van der Waals surface area contributed by atoms with Crippen molar-refractivity contribution in [3.05, 3.63) is 23.3 Å². The van der Waals surface area contributed by atoms with Gasteiger partial charge in [0.25, 0.3) is 0 Å². The molecule has 1 N–H and O–H groups in total. The smallest absolute Gasteiger partial charge is 0.328 e. The second kappa shape index (κ2) is 12.6. The van der Waals surface area contributed by atoms with Crippen LogP contribution in [0.3, 0.4) is 0 Å². The van der Waals surface area contributed by atoms with Crippen molar-refractivity contribution in [1.82, 2.24) is 10.2 Å². The third-order valence-electron chi connectivity index (χ3n) is 7.79. The maximum absolute atomic E-state index is 13.0. The summed E-state index contributed by atoms with van der Waals surface area (Å²) in [5.41, 5.74) is 2.39. The summed E-state index contributed by atoms with van der Waals surface area (Å²) in [6, 6.07) is 3.53. The van der Waals surface area contributed by atoms with Crippen LogP contribution in [0.5, 0.6) is 11.5 Å². The number of piperidine rings is 1. The van der Waals surface area contributed by atoms with Crippen molar-refractivity contribution >= 4 is 17.7 Å². The highest BCUT2D eigenvalue weighted by Crippen LogP contribution is 2.43. The average molecular weight is 501 g/mol. The van der Waals surface area contributed by atoms with Crippen molar-refractivity contribution in [2.75, 3.05) is 27.0 Å². The molecule has 198 valence electrons. The molecular formula is C28H40N2O6. The molecule has 0 radical (unpaired) electrons. The van der Waals surface area contributed by atoms with Crippen LogP contribution < -0.4 is 14.8 Å². The lowest BCUT2D eigenvalue weighted by Crippen LogP contribution is -2.47. The SMILES string of the molecule is CCCCCCCCC(NC(=O)CC[C@H]1CN2CCc3cc4c(cc3[C@@H]2CC1=O)OCO4)C(=O)OC. The number of amides is 1. The van der Waals surface area contributed by atoms with Crippen molar-refractivity contribution in [3.8, 4) is 11.5 Å². The summed E-state index contributed by atoms with van der Waals surface area (Å²) in [5, 5.41) is 2.85. The number of ether oxygens (including phenoxy) is 3. The Bertz CT molecular complexity index is 948. The Labute approximate surface area is 214 Å². The molecule has 3 atom stereocenters. The molecule has 1 saturated heterocycles. The van der Waals surface area contributed by atoms with Gasteiger partial charge in [0.2, 0.25) is 12.7 Å². The van der Waals surface area contributed by atoms with E-state index in [1.165, 1.54) is 31.9 Å². The maximum Gasteiger partial charge on any atom is 0.328 e. The number of rotatable bonds is 12. The molecule has 0 spiro atoms. The number of carbonyl (C=O) groups is 3. The predicted octanol–water partition coefficient (Wildman–Crippen LogP) is 4.09. The maximum atomic E-state index is 13.0. The van der Waals surface area contributed by atoms with E-state index in [0.717, 1.165) is 49.3 Å². The Balaban J connectivity index is 1.26. The predicted molar refractivity (Wildman–Crippen MR) is 135 cm³/mol. The van der Waals surface area contributed by atoms with Gasteiger partial charge in [-0.1, -0.05) is 45.4 Å². The highest BCUT2D eigenvalue weighted by molar-refractivity contribution is 5.86. The van der Waals surface area contributed by atoms with Crippen molar-refractivity contribution in [1.29, 1.82) is 0 Å². The summed E-state index contributed by atoms with van der Waals surface area (Å²) < 4.78 is 16.0. The molecule has 0 aromatic heterocycles. The van der Waals surface area contributed by atoms with Gasteiger partial charge in [0.05, 0.1) is 7.11 Å². The summed E-state index contributed by atoms with van der Waals surface area (Å²) in [6.07, 6.45) is 9.35. The van der Waals surface area contributed by atoms with Gasteiger partial charge in [-0.15, -0.1) is 0 Å². The van der Waals surface area contributed by atoms with Crippen LogP contribution >= 0.6 is 0 Å². The minimum atomic E-state index is -0.619. The first kappa shape index (κ1) is 26.5. The largest absolute Gasteiger partial charge is 0.467 e. The number of esters is 1. The molecule has 8 nitrogen and oxygen atoms in total. The molecule has 3 heterocycles. The summed E-state index contributed by atoms with van der Waals surface area (Å²) in [5.74, 6) is 0.978. The summed E-state index contributed by atoms with van der Waals surface area (Å²) >= 11 is 0. The number of nitrogens with zero attached hydrogens (tertiary/aromatic N) is 1. The van der Waals surface area contributed by atoms with E-state index in [0.29, 0.717) is 25.8 Å². The molecule has 0 aliphatic carbocycles. The Kier molecular flexibility index (Phi) is 9.24. The number of methoxy groups -OCH3 is 1. The van der Waals surface area contributed by atoms with Crippen molar-refractivity contribution < 1.29 is 28.6 Å². The lowest BCUT2D eigenvalue weighted by atomic mass is 9.81. The molecule has 3 aliphatic rings. The Hall–Kier alpha value is -2.61. The molecule has 1 aromatic carbocycles. The van der Waals surface area contributed by atoms with E-state index in [9.17, 15) is 14.4 Å². The van der Waals surface area contributed by atoms with E-state index in [2.05, 4.69) is 23.2 Å². The topological polar surface area (TPSA) is 94.2 Å². The van der Waals surface area contributed by atoms with Crippen molar-refractivity contribution in [2.45, 2.75) is 89.6 Å². The quantitative estimate of drug-likeness (QED) is 0.341. The number of Topliss-reactive ketones (excluding diaryl/α,β-unsaturated/α-hetero) is 1. The van der Waals surface area contributed by atoms with Gasteiger partial charge in [0.1, 0.15) is 11.8 Å². The van der Waals surface area contributed by atoms with E-state index in [1.54, 1.807) is 0 Å². The normalized spacial score (nSPS) is 21.4. The number of unbranched alkanes of at least 4 members (excludes halogenated alkanes) is 5. The second-order valence-electron chi connectivity index (χ2n) is 10.3. The molecular weight excluding hydrogens is 460 g/mol. The van der Waals surface area contributed by atoms with Crippen LogP contribution in [-0.4, -0.2) is 55.6 Å². The molecule has 1 unspecified atom stereocenters. The molecule has 3 aliphatic heterocycles. The molecule has 1 fully saturated rings. The monoisotopic (exact) mass is 500 g/mol. The van der Waals surface area contributed by atoms with Crippen LogP contribution in [0.4, 0.5) is 0 Å². The zero-order valence-corrected chi connectivity index (χ0v) is 21.7. The molecule has 0 saturated carbocycles. The number of benzene rings is 1. The molecule has 1 aromatic rings. The van der Waals surface area contributed by atoms with Crippen LogP contribution in [0.25, 0.3) is 0 Å². The van der Waals surface area contributed by atoms with Crippen molar-refractivity contribution in [2.24, 2.45) is 5.92 Å². The third-order valence-corrected chi connectivity index (χ3v) is 7.79. The van der Waals surface area contributed by atoms with Crippen LogP contribution in [0, 0.1) is 5.92 Å². The highest BCUT2D eigenvalue weighted by Gasteiger charge is 2.39. The number of hydrogen-bond acceptors (Lipinski definition) is 7. The minimum Gasteiger partial charge on any atom is -0.467 e. The van der Waals surface area contributed by atoms with Gasteiger partial charge in [-0.3, -0.25) is 14.5 Å². The van der Waals surface area contributed by atoms with E-state index in [4.69, 9.17) is 14.2 Å². The lowest BCUT2D eigenvalue weighted by Gasteiger charge is -2.43. The molecule has 4 rings (SSSR count). The fraction of sp³-hybridized carbons (Fsp3) is 0.679. The van der Waals surface area contributed by atoms with Gasteiger partial charge < -0.3 is 19.5 Å². The van der Waals surface area contributed by atoms with Crippen LogP contribution in [0.15, 0.2) is 12.1 Å². The van der Waals surface area contributed by atoms with Gasteiger partial charge in [-0.05, 0) is 42.5 Å². The number of hydrogen-bond donors (Lipinski definition) is 1. The first-order valence-corrected chi connectivity index (χ1v) is 13.6. The van der Waals surface area contributed by atoms with Gasteiger partial charge in [-0.2, -0.15) is 0 Å². The number of fused-ring (bicyclic) bond motifs is 4. The lowest BCUT2D eigenvalue weighted by molar-refractivity contribution is -0.145. The zero-order chi connectivity index (χ0) is 25.5. The fourth-order valence-electron chi connectivity index (χ4n) is 5.69. The summed E-state index contributed by atoms with van der Waals surface area (Å²) in [7, 11) is 1.35. The van der Waals surface area contributed by atoms with E-state index in [1.807, 2.05) is 6.07 Å². The number of nitrogens with one attached hydrogen (secondary N) is 1. The van der Waals surface area contributed by atoms with Crippen LogP contribution in [0.2, 0.25) is 0 Å². The van der Waals surface area contributed by atoms with E-state index < -0.39 is 12.0 Å². The summed E-state index contributed by atoms with van der Waals surface area (Å²) in [6.45, 7) is 3.97. The Morgan fingerprint density at radius 2 is 1.89 bits per heavy atom. The second-order valence-corrected chi connectivity index (χ2v) is 10.3. The molecule has 0 bridgehead atoms. The zero-order valence-electron chi connectivity index (χ0n) is 21.7. The summed E-state index contributed by atoms with van der Waals surface area (Å²) in [4.78, 5) is 40.3. The Morgan fingerprint density at radius 3 is 2.67 bits per heavy atom.